The predicted octanol–water partition coefficient (Wildman–Crippen LogP) is 2.33. The molecular formula is C14H20N2O3. The van der Waals surface area contributed by atoms with Crippen LogP contribution in [0.1, 0.15) is 31.7 Å². The fraction of sp³-hybridized carbons (Fsp3) is 0.571. The van der Waals surface area contributed by atoms with Gasteiger partial charge in [0.25, 0.3) is 5.69 Å². The molecule has 1 aliphatic heterocycles. The lowest BCUT2D eigenvalue weighted by Crippen LogP contribution is -2.46. The van der Waals surface area contributed by atoms with Crippen LogP contribution in [-0.4, -0.2) is 33.6 Å². The van der Waals surface area contributed by atoms with Crippen LogP contribution in [0.2, 0.25) is 0 Å². The Labute approximate surface area is 113 Å². The number of aliphatic hydroxyl groups is 1. The van der Waals surface area contributed by atoms with Gasteiger partial charge >= 0.3 is 0 Å². The molecule has 5 heteroatoms. The highest BCUT2D eigenvalue weighted by Crippen LogP contribution is 2.27. The molecule has 1 aromatic rings. The van der Waals surface area contributed by atoms with Crippen molar-refractivity contribution in [3.05, 3.63) is 39.9 Å². The maximum absolute atomic E-state index is 11.0. The molecular weight excluding hydrogens is 244 g/mol. The van der Waals surface area contributed by atoms with E-state index >= 15 is 0 Å². The van der Waals surface area contributed by atoms with Gasteiger partial charge in [-0.3, -0.25) is 15.0 Å². The van der Waals surface area contributed by atoms with Gasteiger partial charge in [0.05, 0.1) is 11.5 Å². The van der Waals surface area contributed by atoms with Crippen molar-refractivity contribution < 1.29 is 10.0 Å². The number of hydrogen-bond donors (Lipinski definition) is 1. The summed E-state index contributed by atoms with van der Waals surface area (Å²) < 4.78 is 0. The summed E-state index contributed by atoms with van der Waals surface area (Å²) in [7, 11) is 0. The van der Waals surface area contributed by atoms with Gasteiger partial charge in [-0.25, -0.2) is 0 Å². The summed E-state index contributed by atoms with van der Waals surface area (Å²) in [5, 5.41) is 20.5. The van der Waals surface area contributed by atoms with Crippen molar-refractivity contribution in [2.75, 3.05) is 6.61 Å². The largest absolute Gasteiger partial charge is 0.395 e. The molecule has 1 heterocycles. The summed E-state index contributed by atoms with van der Waals surface area (Å²) in [6, 6.07) is 7.32. The highest BCUT2D eigenvalue weighted by atomic mass is 16.6. The van der Waals surface area contributed by atoms with Gasteiger partial charge in [-0.1, -0.05) is 24.6 Å². The first kappa shape index (κ1) is 14.0. The first-order valence-corrected chi connectivity index (χ1v) is 6.72. The van der Waals surface area contributed by atoms with E-state index in [1.165, 1.54) is 6.07 Å². The van der Waals surface area contributed by atoms with Crippen molar-refractivity contribution >= 4 is 5.69 Å². The summed E-state index contributed by atoms with van der Waals surface area (Å²) in [5.41, 5.74) is 0.886. The molecule has 1 N–H and O–H groups in total. The lowest BCUT2D eigenvalue weighted by atomic mass is 9.96. The van der Waals surface area contributed by atoms with E-state index in [1.54, 1.807) is 12.1 Å². The molecule has 0 bridgehead atoms. The van der Waals surface area contributed by atoms with Crippen molar-refractivity contribution in [1.82, 2.24) is 4.90 Å². The first-order chi connectivity index (χ1) is 9.13. The summed E-state index contributed by atoms with van der Waals surface area (Å²) in [6.07, 6.45) is 3.15. The Morgan fingerprint density at radius 3 is 2.84 bits per heavy atom. The molecule has 2 unspecified atom stereocenters. The normalized spacial score (nSPS) is 24.3. The van der Waals surface area contributed by atoms with E-state index in [-0.39, 0.29) is 23.3 Å². The molecule has 0 spiro atoms. The molecule has 1 saturated heterocycles. The Kier molecular flexibility index (Phi) is 4.50. The maximum Gasteiger partial charge on any atom is 0.273 e. The highest BCUT2D eigenvalue weighted by molar-refractivity contribution is 5.39. The standard InChI is InChI=1S/C14H20N2O3/c1-11-5-4-7-13(10-17)15(11)9-12-6-2-3-8-14(12)16(18)19/h2-3,6,8,11,13,17H,4-5,7,9-10H2,1H3. The predicted molar refractivity (Wildman–Crippen MR) is 72.8 cm³/mol. The number of nitro groups is 1. The Morgan fingerprint density at radius 2 is 2.16 bits per heavy atom. The minimum absolute atomic E-state index is 0.114. The molecule has 104 valence electrons. The molecule has 0 aromatic heterocycles. The zero-order valence-electron chi connectivity index (χ0n) is 11.2. The summed E-state index contributed by atoms with van der Waals surface area (Å²) in [4.78, 5) is 12.9. The number of nitrogens with zero attached hydrogens (tertiary/aromatic N) is 2. The molecule has 0 aliphatic carbocycles. The van der Waals surface area contributed by atoms with E-state index < -0.39 is 0 Å². The van der Waals surface area contributed by atoms with E-state index in [0.29, 0.717) is 12.6 Å². The number of para-hydroxylation sites is 1. The van der Waals surface area contributed by atoms with E-state index in [1.807, 2.05) is 6.07 Å². The smallest absolute Gasteiger partial charge is 0.273 e. The third kappa shape index (κ3) is 3.11. The number of likely N-dealkylation sites (tertiary alicyclic amines) is 1. The van der Waals surface area contributed by atoms with Crippen LogP contribution in [-0.2, 0) is 6.54 Å². The Hall–Kier alpha value is -1.46. The lowest BCUT2D eigenvalue weighted by Gasteiger charge is -2.39. The second-order valence-corrected chi connectivity index (χ2v) is 5.17. The van der Waals surface area contributed by atoms with Gasteiger partial charge in [0.1, 0.15) is 0 Å². The number of benzene rings is 1. The van der Waals surface area contributed by atoms with Crippen molar-refractivity contribution in [2.45, 2.75) is 44.8 Å². The average molecular weight is 264 g/mol. The highest BCUT2D eigenvalue weighted by Gasteiger charge is 2.28. The summed E-state index contributed by atoms with van der Waals surface area (Å²) >= 11 is 0. The second kappa shape index (κ2) is 6.12. The van der Waals surface area contributed by atoms with Gasteiger partial charge in [0, 0.05) is 30.3 Å². The molecule has 0 radical (unpaired) electrons. The van der Waals surface area contributed by atoms with E-state index in [0.717, 1.165) is 24.8 Å². The molecule has 1 aromatic carbocycles. The van der Waals surface area contributed by atoms with E-state index in [2.05, 4.69) is 11.8 Å². The zero-order chi connectivity index (χ0) is 13.8. The van der Waals surface area contributed by atoms with Crippen LogP contribution >= 0.6 is 0 Å². The van der Waals surface area contributed by atoms with Gasteiger partial charge < -0.3 is 5.11 Å². The molecule has 2 rings (SSSR count). The Bertz CT molecular complexity index is 450. The number of aliphatic hydroxyl groups excluding tert-OH is 1. The van der Waals surface area contributed by atoms with Crippen molar-refractivity contribution in [2.24, 2.45) is 0 Å². The minimum Gasteiger partial charge on any atom is -0.395 e. The third-order valence-electron chi connectivity index (χ3n) is 3.95. The van der Waals surface area contributed by atoms with Gasteiger partial charge in [-0.2, -0.15) is 0 Å². The van der Waals surface area contributed by atoms with Crippen LogP contribution in [0.25, 0.3) is 0 Å². The Balaban J connectivity index is 2.21. The van der Waals surface area contributed by atoms with Crippen LogP contribution in [0.5, 0.6) is 0 Å². The van der Waals surface area contributed by atoms with Crippen molar-refractivity contribution in [1.29, 1.82) is 0 Å². The number of nitro benzene ring substituents is 1. The molecule has 2 atom stereocenters. The first-order valence-electron chi connectivity index (χ1n) is 6.72. The second-order valence-electron chi connectivity index (χ2n) is 5.17. The molecule has 0 saturated carbocycles. The van der Waals surface area contributed by atoms with Gasteiger partial charge in [-0.15, -0.1) is 0 Å². The molecule has 5 nitrogen and oxygen atoms in total. The Morgan fingerprint density at radius 1 is 1.42 bits per heavy atom. The van der Waals surface area contributed by atoms with Crippen LogP contribution < -0.4 is 0 Å². The van der Waals surface area contributed by atoms with E-state index in [4.69, 9.17) is 0 Å². The molecule has 0 amide bonds. The number of piperidine rings is 1. The SMILES string of the molecule is CC1CCCC(CO)N1Cc1ccccc1[N+](=O)[O-]. The minimum atomic E-state index is -0.335. The summed E-state index contributed by atoms with van der Waals surface area (Å²) in [6.45, 7) is 2.77. The van der Waals surface area contributed by atoms with Crippen LogP contribution in [0.15, 0.2) is 24.3 Å². The van der Waals surface area contributed by atoms with Crippen LogP contribution in [0.3, 0.4) is 0 Å². The topological polar surface area (TPSA) is 66.6 Å². The molecule has 19 heavy (non-hydrogen) atoms. The lowest BCUT2D eigenvalue weighted by molar-refractivity contribution is -0.385. The fourth-order valence-corrected chi connectivity index (χ4v) is 2.84. The number of rotatable bonds is 4. The summed E-state index contributed by atoms with van der Waals surface area (Å²) in [5.74, 6) is 0. The molecule has 1 fully saturated rings. The maximum atomic E-state index is 11.0. The third-order valence-corrected chi connectivity index (χ3v) is 3.95. The number of hydrogen-bond acceptors (Lipinski definition) is 4. The van der Waals surface area contributed by atoms with Crippen molar-refractivity contribution in [3.63, 3.8) is 0 Å². The van der Waals surface area contributed by atoms with Gasteiger partial charge in [0.2, 0.25) is 0 Å². The van der Waals surface area contributed by atoms with Crippen LogP contribution in [0.4, 0.5) is 5.69 Å². The van der Waals surface area contributed by atoms with Gasteiger partial charge in [-0.05, 0) is 19.8 Å². The van der Waals surface area contributed by atoms with Crippen LogP contribution in [0, 0.1) is 10.1 Å². The zero-order valence-corrected chi connectivity index (χ0v) is 11.2. The van der Waals surface area contributed by atoms with E-state index in [9.17, 15) is 15.2 Å². The monoisotopic (exact) mass is 264 g/mol. The van der Waals surface area contributed by atoms with Crippen molar-refractivity contribution in [3.8, 4) is 0 Å². The molecule has 1 aliphatic rings. The average Bonchev–Trinajstić information content (AvgIpc) is 2.41. The fourth-order valence-electron chi connectivity index (χ4n) is 2.84. The quantitative estimate of drug-likeness (QED) is 0.669. The van der Waals surface area contributed by atoms with Gasteiger partial charge in [0.15, 0.2) is 0 Å².